The average Bonchev–Trinajstić information content (AvgIpc) is 2.23. The average molecular weight is 220 g/mol. The Balaban J connectivity index is 2.92. The van der Waals surface area contributed by atoms with Gasteiger partial charge in [0, 0.05) is 0 Å². The SMILES string of the molecule is C=C(C)C(C)CC1=C(C)CCCC1(C)CC. The molecule has 0 aromatic carbocycles. The largest absolute Gasteiger partial charge is 0.0999 e. The van der Waals surface area contributed by atoms with Crippen molar-refractivity contribution in [2.45, 2.75) is 66.7 Å². The highest BCUT2D eigenvalue weighted by Crippen LogP contribution is 2.46. The highest BCUT2D eigenvalue weighted by molar-refractivity contribution is 5.24. The van der Waals surface area contributed by atoms with Crippen molar-refractivity contribution in [3.63, 3.8) is 0 Å². The molecule has 0 amide bonds. The van der Waals surface area contributed by atoms with E-state index in [1.807, 2.05) is 0 Å². The Bertz CT molecular complexity index is 295. The molecule has 0 saturated carbocycles. The van der Waals surface area contributed by atoms with Crippen LogP contribution in [0.25, 0.3) is 0 Å². The lowest BCUT2D eigenvalue weighted by atomic mass is 9.67. The normalized spacial score (nSPS) is 28.1. The summed E-state index contributed by atoms with van der Waals surface area (Å²) in [5.74, 6) is 0.633. The van der Waals surface area contributed by atoms with E-state index < -0.39 is 0 Å². The fraction of sp³-hybridized carbons (Fsp3) is 0.750. The van der Waals surface area contributed by atoms with E-state index >= 15 is 0 Å². The Morgan fingerprint density at radius 2 is 2.12 bits per heavy atom. The molecule has 92 valence electrons. The van der Waals surface area contributed by atoms with Crippen LogP contribution in [0.1, 0.15) is 66.7 Å². The van der Waals surface area contributed by atoms with E-state index in [1.54, 1.807) is 11.1 Å². The van der Waals surface area contributed by atoms with Gasteiger partial charge in [-0.2, -0.15) is 0 Å². The number of allylic oxidation sites excluding steroid dienone is 3. The van der Waals surface area contributed by atoms with Gasteiger partial charge in [0.15, 0.2) is 0 Å². The standard InChI is InChI=1S/C16H28/c1-7-16(6)10-8-9-13(4)15(16)11-14(5)12(2)3/h14H,2,7-11H2,1,3-6H3. The predicted molar refractivity (Wildman–Crippen MR) is 73.5 cm³/mol. The van der Waals surface area contributed by atoms with Crippen LogP contribution in [-0.4, -0.2) is 0 Å². The van der Waals surface area contributed by atoms with E-state index in [2.05, 4.69) is 41.2 Å². The summed E-state index contributed by atoms with van der Waals surface area (Å²) in [4.78, 5) is 0. The van der Waals surface area contributed by atoms with E-state index in [9.17, 15) is 0 Å². The second-order valence-electron chi connectivity index (χ2n) is 5.98. The molecule has 16 heavy (non-hydrogen) atoms. The third kappa shape index (κ3) is 2.78. The lowest BCUT2D eigenvalue weighted by Crippen LogP contribution is -2.24. The minimum absolute atomic E-state index is 0.464. The molecule has 0 N–H and O–H groups in total. The van der Waals surface area contributed by atoms with Crippen LogP contribution >= 0.6 is 0 Å². The van der Waals surface area contributed by atoms with Crippen molar-refractivity contribution in [2.24, 2.45) is 11.3 Å². The zero-order chi connectivity index (χ0) is 12.3. The topological polar surface area (TPSA) is 0 Å². The summed E-state index contributed by atoms with van der Waals surface area (Å²) in [6.45, 7) is 15.7. The molecular weight excluding hydrogens is 192 g/mol. The van der Waals surface area contributed by atoms with Gasteiger partial charge in [0.05, 0.1) is 0 Å². The van der Waals surface area contributed by atoms with Crippen LogP contribution in [0.15, 0.2) is 23.3 Å². The summed E-state index contributed by atoms with van der Waals surface area (Å²) >= 11 is 0. The van der Waals surface area contributed by atoms with Crippen LogP contribution in [0.4, 0.5) is 0 Å². The molecule has 0 spiro atoms. The lowest BCUT2D eigenvalue weighted by molar-refractivity contribution is 0.300. The Morgan fingerprint density at radius 1 is 1.50 bits per heavy atom. The molecule has 0 heterocycles. The van der Waals surface area contributed by atoms with Gasteiger partial charge in [-0.1, -0.05) is 44.1 Å². The van der Waals surface area contributed by atoms with E-state index in [4.69, 9.17) is 0 Å². The first-order chi connectivity index (χ1) is 7.40. The summed E-state index contributed by atoms with van der Waals surface area (Å²) in [5.41, 5.74) is 5.18. The highest BCUT2D eigenvalue weighted by Gasteiger charge is 2.31. The van der Waals surface area contributed by atoms with Crippen LogP contribution in [0, 0.1) is 11.3 Å². The van der Waals surface area contributed by atoms with Crippen molar-refractivity contribution in [2.75, 3.05) is 0 Å². The Labute approximate surface area is 102 Å². The first-order valence-electron chi connectivity index (χ1n) is 6.75. The summed E-state index contributed by atoms with van der Waals surface area (Å²) < 4.78 is 0. The first-order valence-corrected chi connectivity index (χ1v) is 6.75. The van der Waals surface area contributed by atoms with Crippen LogP contribution in [0.2, 0.25) is 0 Å². The van der Waals surface area contributed by atoms with Crippen molar-refractivity contribution >= 4 is 0 Å². The van der Waals surface area contributed by atoms with Crippen molar-refractivity contribution in [3.05, 3.63) is 23.3 Å². The molecule has 1 rings (SSSR count). The van der Waals surface area contributed by atoms with Gasteiger partial charge < -0.3 is 0 Å². The molecule has 0 aliphatic heterocycles. The second-order valence-corrected chi connectivity index (χ2v) is 5.98. The molecule has 0 radical (unpaired) electrons. The monoisotopic (exact) mass is 220 g/mol. The zero-order valence-corrected chi connectivity index (χ0v) is 11.8. The minimum Gasteiger partial charge on any atom is -0.0999 e. The molecule has 2 unspecified atom stereocenters. The molecule has 0 aromatic rings. The summed E-state index contributed by atoms with van der Waals surface area (Å²) in [6, 6.07) is 0. The van der Waals surface area contributed by atoms with Gasteiger partial charge in [-0.3, -0.25) is 0 Å². The Kier molecular flexibility index (Phi) is 4.41. The quantitative estimate of drug-likeness (QED) is 0.548. The van der Waals surface area contributed by atoms with Crippen LogP contribution in [0.3, 0.4) is 0 Å². The molecule has 0 saturated heterocycles. The maximum atomic E-state index is 4.10. The van der Waals surface area contributed by atoms with Crippen molar-refractivity contribution in [1.29, 1.82) is 0 Å². The minimum atomic E-state index is 0.464. The van der Waals surface area contributed by atoms with Crippen molar-refractivity contribution < 1.29 is 0 Å². The van der Waals surface area contributed by atoms with Gasteiger partial charge in [-0.05, 0) is 57.3 Å². The van der Waals surface area contributed by atoms with E-state index in [0.717, 1.165) is 0 Å². The summed E-state index contributed by atoms with van der Waals surface area (Å²) in [5, 5.41) is 0. The maximum absolute atomic E-state index is 4.10. The molecule has 1 aliphatic rings. The molecule has 1 aliphatic carbocycles. The van der Waals surface area contributed by atoms with Crippen molar-refractivity contribution in [3.8, 4) is 0 Å². The molecular formula is C16H28. The second kappa shape index (κ2) is 5.21. The van der Waals surface area contributed by atoms with Crippen LogP contribution in [0.5, 0.6) is 0 Å². The molecule has 2 atom stereocenters. The van der Waals surface area contributed by atoms with Crippen molar-refractivity contribution in [1.82, 2.24) is 0 Å². The molecule has 0 bridgehead atoms. The number of rotatable bonds is 4. The van der Waals surface area contributed by atoms with Gasteiger partial charge >= 0.3 is 0 Å². The third-order valence-corrected chi connectivity index (χ3v) is 4.66. The maximum Gasteiger partial charge on any atom is -0.0116 e. The highest BCUT2D eigenvalue weighted by atomic mass is 14.4. The van der Waals surface area contributed by atoms with Crippen LogP contribution in [-0.2, 0) is 0 Å². The van der Waals surface area contributed by atoms with E-state index in [0.29, 0.717) is 11.3 Å². The fourth-order valence-electron chi connectivity index (χ4n) is 2.85. The summed E-state index contributed by atoms with van der Waals surface area (Å²) in [7, 11) is 0. The van der Waals surface area contributed by atoms with E-state index in [-0.39, 0.29) is 0 Å². The van der Waals surface area contributed by atoms with Gasteiger partial charge in [-0.15, -0.1) is 0 Å². The molecule has 0 heteroatoms. The fourth-order valence-corrected chi connectivity index (χ4v) is 2.85. The molecule has 0 nitrogen and oxygen atoms in total. The van der Waals surface area contributed by atoms with E-state index in [1.165, 1.54) is 37.7 Å². The van der Waals surface area contributed by atoms with Crippen LogP contribution < -0.4 is 0 Å². The van der Waals surface area contributed by atoms with Gasteiger partial charge in [0.1, 0.15) is 0 Å². The first kappa shape index (κ1) is 13.5. The number of hydrogen-bond acceptors (Lipinski definition) is 0. The molecule has 0 fully saturated rings. The Morgan fingerprint density at radius 3 is 2.62 bits per heavy atom. The number of hydrogen-bond donors (Lipinski definition) is 0. The molecule has 0 aromatic heterocycles. The predicted octanol–water partition coefficient (Wildman–Crippen LogP) is 5.51. The lowest BCUT2D eigenvalue weighted by Gasteiger charge is -2.38. The third-order valence-electron chi connectivity index (χ3n) is 4.66. The van der Waals surface area contributed by atoms with Gasteiger partial charge in [-0.25, -0.2) is 0 Å². The van der Waals surface area contributed by atoms with Gasteiger partial charge in [0.2, 0.25) is 0 Å². The zero-order valence-electron chi connectivity index (χ0n) is 11.8. The Hall–Kier alpha value is -0.520. The van der Waals surface area contributed by atoms with Gasteiger partial charge in [0.25, 0.3) is 0 Å². The summed E-state index contributed by atoms with van der Waals surface area (Å²) in [6.07, 6.45) is 6.57. The smallest absolute Gasteiger partial charge is 0.0116 e.